The summed E-state index contributed by atoms with van der Waals surface area (Å²) in [7, 11) is 0. The van der Waals surface area contributed by atoms with Crippen molar-refractivity contribution >= 4 is 0 Å². The van der Waals surface area contributed by atoms with E-state index < -0.39 is 0 Å². The fourth-order valence-corrected chi connectivity index (χ4v) is 1.37. The third-order valence-electron chi connectivity index (χ3n) is 2.97. The lowest BCUT2D eigenvalue weighted by Gasteiger charge is -2.20. The van der Waals surface area contributed by atoms with Crippen LogP contribution >= 0.6 is 0 Å². The molecule has 0 fully saturated rings. The van der Waals surface area contributed by atoms with Crippen molar-refractivity contribution in [1.82, 2.24) is 20.1 Å². The molecule has 2 aromatic heterocycles. The first kappa shape index (κ1) is 11.7. The fraction of sp³-hybridized carbons (Fsp3) is 0.455. The summed E-state index contributed by atoms with van der Waals surface area (Å²) in [6.45, 7) is 4.51. The summed E-state index contributed by atoms with van der Waals surface area (Å²) in [5.41, 5.74) is 6.05. The molecule has 6 heteroatoms. The van der Waals surface area contributed by atoms with Gasteiger partial charge in [0.2, 0.25) is 11.7 Å². The number of nitrogens with two attached hydrogens (primary N) is 1. The highest BCUT2D eigenvalue weighted by Gasteiger charge is 2.30. The number of rotatable bonds is 4. The van der Waals surface area contributed by atoms with Gasteiger partial charge < -0.3 is 10.3 Å². The minimum Gasteiger partial charge on any atom is -0.338 e. The maximum Gasteiger partial charge on any atom is 0.234 e. The van der Waals surface area contributed by atoms with Gasteiger partial charge in [0.25, 0.3) is 0 Å². The van der Waals surface area contributed by atoms with Gasteiger partial charge in [-0.05, 0) is 13.3 Å². The summed E-state index contributed by atoms with van der Waals surface area (Å²) in [5, 5.41) is 3.90. The highest BCUT2D eigenvalue weighted by Crippen LogP contribution is 2.26. The number of aromatic nitrogens is 4. The average Bonchev–Trinajstić information content (AvgIpc) is 2.89. The first-order valence-corrected chi connectivity index (χ1v) is 5.50. The molecule has 0 aliphatic carbocycles. The number of hydrogen-bond donors (Lipinski definition) is 1. The second-order valence-electron chi connectivity index (χ2n) is 4.13. The number of hydrogen-bond acceptors (Lipinski definition) is 6. The van der Waals surface area contributed by atoms with E-state index in [1.807, 2.05) is 13.8 Å². The van der Waals surface area contributed by atoms with E-state index in [0.29, 0.717) is 24.0 Å². The van der Waals surface area contributed by atoms with E-state index in [0.717, 1.165) is 6.42 Å². The molecule has 2 rings (SSSR count). The average molecular weight is 233 g/mol. The Hall–Kier alpha value is -1.82. The molecular weight excluding hydrogens is 218 g/mol. The fourth-order valence-electron chi connectivity index (χ4n) is 1.37. The zero-order valence-corrected chi connectivity index (χ0v) is 9.92. The van der Waals surface area contributed by atoms with Crippen LogP contribution in [0.15, 0.2) is 23.1 Å². The molecule has 2 N–H and O–H groups in total. The molecule has 0 saturated heterocycles. The summed E-state index contributed by atoms with van der Waals surface area (Å²) in [6.07, 6.45) is 5.62. The summed E-state index contributed by atoms with van der Waals surface area (Å²) in [4.78, 5) is 12.4. The molecular formula is C11H15N5O. The molecule has 2 heterocycles. The maximum absolute atomic E-state index is 5.74. The van der Waals surface area contributed by atoms with Gasteiger partial charge in [-0.25, -0.2) is 4.98 Å². The van der Waals surface area contributed by atoms with Crippen LogP contribution in [-0.4, -0.2) is 26.7 Å². The lowest BCUT2D eigenvalue weighted by Crippen LogP contribution is -2.31. The van der Waals surface area contributed by atoms with E-state index in [-0.39, 0.29) is 5.41 Å². The molecule has 1 atom stereocenters. The summed E-state index contributed by atoms with van der Waals surface area (Å²) < 4.78 is 5.26. The third kappa shape index (κ3) is 2.16. The number of nitrogens with zero attached hydrogens (tertiary/aromatic N) is 4. The van der Waals surface area contributed by atoms with Crippen LogP contribution in [0.1, 0.15) is 26.2 Å². The topological polar surface area (TPSA) is 90.7 Å². The zero-order chi connectivity index (χ0) is 12.3. The Kier molecular flexibility index (Phi) is 3.14. The molecule has 0 aromatic carbocycles. The van der Waals surface area contributed by atoms with Gasteiger partial charge in [0, 0.05) is 18.9 Å². The summed E-state index contributed by atoms with van der Waals surface area (Å²) in [6, 6.07) is 0. The van der Waals surface area contributed by atoms with Gasteiger partial charge in [-0.15, -0.1) is 0 Å². The van der Waals surface area contributed by atoms with E-state index in [1.54, 1.807) is 18.6 Å². The van der Waals surface area contributed by atoms with E-state index >= 15 is 0 Å². The predicted octanol–water partition coefficient (Wildman–Crippen LogP) is 1.15. The van der Waals surface area contributed by atoms with Crippen molar-refractivity contribution < 1.29 is 4.52 Å². The Balaban J connectivity index is 2.34. The van der Waals surface area contributed by atoms with Crippen LogP contribution in [-0.2, 0) is 5.41 Å². The minimum atomic E-state index is -0.284. The van der Waals surface area contributed by atoms with Gasteiger partial charge >= 0.3 is 0 Å². The van der Waals surface area contributed by atoms with Crippen molar-refractivity contribution in [2.75, 3.05) is 6.54 Å². The van der Waals surface area contributed by atoms with Gasteiger partial charge in [0.1, 0.15) is 5.69 Å². The third-order valence-corrected chi connectivity index (χ3v) is 2.97. The summed E-state index contributed by atoms with van der Waals surface area (Å²) in [5.74, 6) is 0.990. The maximum atomic E-state index is 5.74. The molecule has 0 saturated carbocycles. The SMILES string of the molecule is CCC(C)(CN)c1nc(-c2cnccn2)no1. The second-order valence-corrected chi connectivity index (χ2v) is 4.13. The second kappa shape index (κ2) is 4.58. The van der Waals surface area contributed by atoms with Gasteiger partial charge in [0.15, 0.2) is 0 Å². The van der Waals surface area contributed by atoms with Gasteiger partial charge in [-0.3, -0.25) is 4.98 Å². The lowest BCUT2D eigenvalue weighted by molar-refractivity contribution is 0.291. The molecule has 90 valence electrons. The Morgan fingerprint density at radius 3 is 2.82 bits per heavy atom. The molecule has 0 radical (unpaired) electrons. The van der Waals surface area contributed by atoms with Crippen molar-refractivity contribution in [1.29, 1.82) is 0 Å². The molecule has 0 spiro atoms. The highest BCUT2D eigenvalue weighted by atomic mass is 16.5. The van der Waals surface area contributed by atoms with E-state index in [1.165, 1.54) is 0 Å². The normalized spacial score (nSPS) is 14.5. The molecule has 1 unspecified atom stereocenters. The van der Waals surface area contributed by atoms with Gasteiger partial charge in [-0.1, -0.05) is 12.1 Å². The quantitative estimate of drug-likeness (QED) is 0.851. The van der Waals surface area contributed by atoms with Crippen LogP contribution in [0, 0.1) is 0 Å². The van der Waals surface area contributed by atoms with Crippen LogP contribution < -0.4 is 5.73 Å². The molecule has 0 bridgehead atoms. The largest absolute Gasteiger partial charge is 0.338 e. The highest BCUT2D eigenvalue weighted by molar-refractivity contribution is 5.45. The first-order valence-electron chi connectivity index (χ1n) is 5.50. The monoisotopic (exact) mass is 233 g/mol. The zero-order valence-electron chi connectivity index (χ0n) is 9.92. The molecule has 0 amide bonds. The van der Waals surface area contributed by atoms with Crippen molar-refractivity contribution in [3.05, 3.63) is 24.5 Å². The smallest absolute Gasteiger partial charge is 0.234 e. The molecule has 2 aromatic rings. The Bertz CT molecular complexity index is 478. The van der Waals surface area contributed by atoms with Crippen molar-refractivity contribution in [2.45, 2.75) is 25.7 Å². The van der Waals surface area contributed by atoms with Crippen LogP contribution in [0.4, 0.5) is 0 Å². The van der Waals surface area contributed by atoms with Gasteiger partial charge in [-0.2, -0.15) is 4.98 Å². The molecule has 0 aliphatic heterocycles. The van der Waals surface area contributed by atoms with E-state index in [2.05, 4.69) is 20.1 Å². The van der Waals surface area contributed by atoms with Crippen molar-refractivity contribution in [3.63, 3.8) is 0 Å². The summed E-state index contributed by atoms with van der Waals surface area (Å²) >= 11 is 0. The Labute approximate surface area is 99.3 Å². The predicted molar refractivity (Wildman–Crippen MR) is 62.0 cm³/mol. The molecule has 6 nitrogen and oxygen atoms in total. The van der Waals surface area contributed by atoms with Crippen LogP contribution in [0.2, 0.25) is 0 Å². The first-order chi connectivity index (χ1) is 8.19. The van der Waals surface area contributed by atoms with Crippen LogP contribution in [0.3, 0.4) is 0 Å². The van der Waals surface area contributed by atoms with Crippen molar-refractivity contribution in [3.8, 4) is 11.5 Å². The van der Waals surface area contributed by atoms with E-state index in [9.17, 15) is 0 Å². The lowest BCUT2D eigenvalue weighted by atomic mass is 9.88. The van der Waals surface area contributed by atoms with Crippen LogP contribution in [0.5, 0.6) is 0 Å². The van der Waals surface area contributed by atoms with Crippen molar-refractivity contribution in [2.24, 2.45) is 5.73 Å². The molecule has 0 aliphatic rings. The Morgan fingerprint density at radius 1 is 1.41 bits per heavy atom. The standard InChI is InChI=1S/C11H15N5O/c1-3-11(2,7-12)10-15-9(16-17-10)8-6-13-4-5-14-8/h4-6H,3,7,12H2,1-2H3. The molecule has 17 heavy (non-hydrogen) atoms. The Morgan fingerprint density at radius 2 is 2.24 bits per heavy atom. The van der Waals surface area contributed by atoms with Crippen LogP contribution in [0.25, 0.3) is 11.5 Å². The minimum absolute atomic E-state index is 0.284. The van der Waals surface area contributed by atoms with E-state index in [4.69, 9.17) is 10.3 Å². The van der Waals surface area contributed by atoms with Gasteiger partial charge in [0.05, 0.1) is 11.6 Å².